The maximum atomic E-state index is 11.9. The molecule has 0 atom stereocenters. The van der Waals surface area contributed by atoms with Crippen molar-refractivity contribution in [2.24, 2.45) is 0 Å². The summed E-state index contributed by atoms with van der Waals surface area (Å²) < 4.78 is 0. The van der Waals surface area contributed by atoms with Crippen LogP contribution in [-0.2, 0) is 0 Å². The van der Waals surface area contributed by atoms with E-state index in [-0.39, 0.29) is 18.5 Å². The predicted molar refractivity (Wildman–Crippen MR) is 75.0 cm³/mol. The van der Waals surface area contributed by atoms with E-state index in [4.69, 9.17) is 5.11 Å². The number of anilines is 1. The van der Waals surface area contributed by atoms with Crippen molar-refractivity contribution in [3.8, 4) is 11.8 Å². The molecular weight excluding hydrogens is 254 g/mol. The Labute approximate surface area is 116 Å². The number of carbonyl (C=O) groups is 1. The first-order valence-corrected chi connectivity index (χ1v) is 6.08. The van der Waals surface area contributed by atoms with Crippen LogP contribution in [-0.4, -0.2) is 27.6 Å². The molecule has 0 saturated heterocycles. The van der Waals surface area contributed by atoms with E-state index in [9.17, 15) is 4.79 Å². The lowest BCUT2D eigenvalue weighted by molar-refractivity contribution is 0.102. The van der Waals surface area contributed by atoms with E-state index in [2.05, 4.69) is 27.1 Å². The fourth-order valence-electron chi connectivity index (χ4n) is 1.46. The lowest BCUT2D eigenvalue weighted by atomic mass is 10.1. The van der Waals surface area contributed by atoms with Crippen molar-refractivity contribution in [3.05, 3.63) is 53.9 Å². The molecule has 1 amide bonds. The number of aromatic nitrogens is 2. The molecular formula is C15H13N3O2. The third kappa shape index (κ3) is 3.90. The molecule has 0 aliphatic carbocycles. The molecule has 1 aromatic carbocycles. The van der Waals surface area contributed by atoms with Crippen molar-refractivity contribution < 1.29 is 9.90 Å². The molecule has 0 aliphatic heterocycles. The molecule has 2 aromatic rings. The lowest BCUT2D eigenvalue weighted by Crippen LogP contribution is -2.13. The zero-order valence-electron chi connectivity index (χ0n) is 10.7. The van der Waals surface area contributed by atoms with E-state index in [1.165, 1.54) is 0 Å². The summed E-state index contributed by atoms with van der Waals surface area (Å²) in [5.41, 5.74) is 1.30. The molecule has 1 aromatic heterocycles. The van der Waals surface area contributed by atoms with Gasteiger partial charge in [-0.25, -0.2) is 9.97 Å². The van der Waals surface area contributed by atoms with Crippen molar-refractivity contribution in [2.45, 2.75) is 6.42 Å². The number of nitrogens with zero attached hydrogens (tertiary/aromatic N) is 2. The minimum absolute atomic E-state index is 0.0462. The normalized spacial score (nSPS) is 9.45. The van der Waals surface area contributed by atoms with E-state index in [0.29, 0.717) is 12.0 Å². The van der Waals surface area contributed by atoms with Gasteiger partial charge in [0.15, 0.2) is 0 Å². The molecule has 5 heteroatoms. The molecule has 0 aliphatic rings. The number of carbonyl (C=O) groups excluding carboxylic acids is 1. The van der Waals surface area contributed by atoms with Crippen molar-refractivity contribution in [1.29, 1.82) is 0 Å². The Morgan fingerprint density at radius 1 is 1.20 bits per heavy atom. The Balaban J connectivity index is 2.03. The minimum atomic E-state index is -0.272. The van der Waals surface area contributed by atoms with Crippen LogP contribution in [0.4, 0.5) is 5.95 Å². The van der Waals surface area contributed by atoms with Gasteiger partial charge in [0.2, 0.25) is 5.95 Å². The number of amides is 1. The van der Waals surface area contributed by atoms with Gasteiger partial charge in [-0.2, -0.15) is 0 Å². The van der Waals surface area contributed by atoms with Gasteiger partial charge < -0.3 is 5.11 Å². The van der Waals surface area contributed by atoms with E-state index in [1.807, 2.05) is 0 Å². The third-order valence-electron chi connectivity index (χ3n) is 2.41. The van der Waals surface area contributed by atoms with Gasteiger partial charge in [-0.15, -0.1) is 0 Å². The quantitative estimate of drug-likeness (QED) is 0.826. The number of benzene rings is 1. The molecule has 0 bridgehead atoms. The van der Waals surface area contributed by atoms with Crippen LogP contribution in [0, 0.1) is 11.8 Å². The highest BCUT2D eigenvalue weighted by Gasteiger charge is 2.06. The fourth-order valence-corrected chi connectivity index (χ4v) is 1.46. The third-order valence-corrected chi connectivity index (χ3v) is 2.41. The maximum absolute atomic E-state index is 11.9. The van der Waals surface area contributed by atoms with Gasteiger partial charge in [0.25, 0.3) is 5.91 Å². The second kappa shape index (κ2) is 7.02. The van der Waals surface area contributed by atoms with Gasteiger partial charge in [-0.3, -0.25) is 10.1 Å². The van der Waals surface area contributed by atoms with Crippen LogP contribution >= 0.6 is 0 Å². The Morgan fingerprint density at radius 2 is 1.90 bits per heavy atom. The first-order chi connectivity index (χ1) is 9.79. The molecule has 0 unspecified atom stereocenters. The fraction of sp³-hybridized carbons (Fsp3) is 0.133. The van der Waals surface area contributed by atoms with Crippen LogP contribution in [0.15, 0.2) is 42.7 Å². The van der Waals surface area contributed by atoms with E-state index in [0.717, 1.165) is 5.56 Å². The smallest absolute Gasteiger partial charge is 0.258 e. The summed E-state index contributed by atoms with van der Waals surface area (Å²) in [6.07, 6.45) is 3.55. The van der Waals surface area contributed by atoms with Crippen LogP contribution in [0.3, 0.4) is 0 Å². The number of hydrogen-bond donors (Lipinski definition) is 2. The summed E-state index contributed by atoms with van der Waals surface area (Å²) >= 11 is 0. The molecule has 0 fully saturated rings. The summed E-state index contributed by atoms with van der Waals surface area (Å²) in [7, 11) is 0. The number of hydrogen-bond acceptors (Lipinski definition) is 4. The largest absolute Gasteiger partial charge is 0.395 e. The van der Waals surface area contributed by atoms with Gasteiger partial charge >= 0.3 is 0 Å². The zero-order valence-corrected chi connectivity index (χ0v) is 10.7. The molecule has 0 radical (unpaired) electrons. The number of rotatable bonds is 3. The highest BCUT2D eigenvalue weighted by molar-refractivity contribution is 6.03. The molecule has 0 saturated carbocycles. The lowest BCUT2D eigenvalue weighted by Gasteiger charge is -2.02. The van der Waals surface area contributed by atoms with Crippen molar-refractivity contribution in [3.63, 3.8) is 0 Å². The second-order valence-electron chi connectivity index (χ2n) is 3.88. The highest BCUT2D eigenvalue weighted by atomic mass is 16.2. The number of aliphatic hydroxyl groups is 1. The van der Waals surface area contributed by atoms with Crippen LogP contribution < -0.4 is 5.32 Å². The van der Waals surface area contributed by atoms with E-state index < -0.39 is 0 Å². The van der Waals surface area contributed by atoms with E-state index >= 15 is 0 Å². The van der Waals surface area contributed by atoms with Crippen LogP contribution in [0.1, 0.15) is 22.3 Å². The Hall–Kier alpha value is -2.71. The molecule has 2 rings (SSSR count). The average Bonchev–Trinajstić information content (AvgIpc) is 2.49. The summed E-state index contributed by atoms with van der Waals surface area (Å²) in [4.78, 5) is 19.8. The standard InChI is InChI=1S/C15H13N3O2/c19-11-2-1-4-12-5-7-13(8-6-12)14(20)18-15-16-9-3-10-17-15/h3,5-10,19H,2,11H2,(H,16,17,18,20). The maximum Gasteiger partial charge on any atom is 0.258 e. The summed E-state index contributed by atoms with van der Waals surface area (Å²) in [6.45, 7) is 0.0462. The Bertz CT molecular complexity index is 628. The molecule has 100 valence electrons. The first-order valence-electron chi connectivity index (χ1n) is 6.08. The minimum Gasteiger partial charge on any atom is -0.395 e. The molecule has 1 heterocycles. The van der Waals surface area contributed by atoms with Gasteiger partial charge in [0, 0.05) is 29.9 Å². The van der Waals surface area contributed by atoms with Gasteiger partial charge in [-0.1, -0.05) is 11.8 Å². The van der Waals surface area contributed by atoms with Gasteiger partial charge in [0.1, 0.15) is 0 Å². The van der Waals surface area contributed by atoms with Crippen LogP contribution in [0.25, 0.3) is 0 Å². The van der Waals surface area contributed by atoms with Gasteiger partial charge in [-0.05, 0) is 30.3 Å². The van der Waals surface area contributed by atoms with Crippen molar-refractivity contribution >= 4 is 11.9 Å². The first kappa shape index (κ1) is 13.7. The molecule has 5 nitrogen and oxygen atoms in total. The Morgan fingerprint density at radius 3 is 2.55 bits per heavy atom. The highest BCUT2D eigenvalue weighted by Crippen LogP contribution is 2.06. The molecule has 20 heavy (non-hydrogen) atoms. The Kier molecular flexibility index (Phi) is 4.81. The van der Waals surface area contributed by atoms with Crippen molar-refractivity contribution in [1.82, 2.24) is 9.97 Å². The number of aliphatic hydroxyl groups excluding tert-OH is 1. The summed E-state index contributed by atoms with van der Waals surface area (Å²) in [5.74, 6) is 5.71. The second-order valence-corrected chi connectivity index (χ2v) is 3.88. The van der Waals surface area contributed by atoms with Gasteiger partial charge in [0.05, 0.1) is 6.61 Å². The molecule has 2 N–H and O–H groups in total. The molecule has 0 spiro atoms. The van der Waals surface area contributed by atoms with Crippen molar-refractivity contribution in [2.75, 3.05) is 11.9 Å². The summed E-state index contributed by atoms with van der Waals surface area (Å²) in [6, 6.07) is 8.55. The number of nitrogens with one attached hydrogen (secondary N) is 1. The van der Waals surface area contributed by atoms with E-state index in [1.54, 1.807) is 42.7 Å². The average molecular weight is 267 g/mol. The topological polar surface area (TPSA) is 75.1 Å². The monoisotopic (exact) mass is 267 g/mol. The summed E-state index contributed by atoms with van der Waals surface area (Å²) in [5, 5.41) is 11.2. The predicted octanol–water partition coefficient (Wildman–Crippen LogP) is 1.46. The van der Waals surface area contributed by atoms with Crippen LogP contribution in [0.5, 0.6) is 0 Å². The van der Waals surface area contributed by atoms with Crippen LogP contribution in [0.2, 0.25) is 0 Å². The SMILES string of the molecule is O=C(Nc1ncccn1)c1ccc(C#CCCO)cc1. The zero-order chi connectivity index (χ0) is 14.2.